The van der Waals surface area contributed by atoms with Crippen LogP contribution in [0, 0.1) is 11.3 Å². The number of amides is 1. The Morgan fingerprint density at radius 2 is 2.20 bits per heavy atom. The maximum absolute atomic E-state index is 12.4. The van der Waals surface area contributed by atoms with Gasteiger partial charge in [-0.05, 0) is 62.5 Å². The van der Waals surface area contributed by atoms with E-state index in [1.165, 1.54) is 5.56 Å². The van der Waals surface area contributed by atoms with Crippen molar-refractivity contribution in [1.82, 2.24) is 10.6 Å². The Hall–Kier alpha value is -1.39. The van der Waals surface area contributed by atoms with E-state index in [0.29, 0.717) is 5.41 Å². The van der Waals surface area contributed by atoms with Gasteiger partial charge in [-0.15, -0.1) is 0 Å². The first kappa shape index (κ1) is 13.6. The first-order valence-corrected chi connectivity index (χ1v) is 7.49. The van der Waals surface area contributed by atoms with Crippen LogP contribution in [0.4, 0.5) is 5.69 Å². The van der Waals surface area contributed by atoms with E-state index in [1.54, 1.807) is 0 Å². The molecule has 0 aromatic heterocycles. The van der Waals surface area contributed by atoms with Crippen LogP contribution < -0.4 is 16.0 Å². The van der Waals surface area contributed by atoms with Crippen LogP contribution in [-0.2, 0) is 11.3 Å². The molecule has 0 bridgehead atoms. The van der Waals surface area contributed by atoms with Crippen LogP contribution in [0.3, 0.4) is 0 Å². The van der Waals surface area contributed by atoms with Gasteiger partial charge in [0, 0.05) is 18.2 Å². The predicted octanol–water partition coefficient (Wildman–Crippen LogP) is 1.73. The van der Waals surface area contributed by atoms with E-state index in [0.717, 1.165) is 44.6 Å². The van der Waals surface area contributed by atoms with E-state index in [1.807, 2.05) is 25.2 Å². The van der Waals surface area contributed by atoms with Crippen LogP contribution in [-0.4, -0.2) is 26.0 Å². The zero-order valence-electron chi connectivity index (χ0n) is 12.0. The number of benzene rings is 1. The monoisotopic (exact) mass is 273 g/mol. The van der Waals surface area contributed by atoms with Crippen molar-refractivity contribution >= 4 is 11.6 Å². The maximum atomic E-state index is 12.4. The van der Waals surface area contributed by atoms with E-state index in [4.69, 9.17) is 0 Å². The Bertz CT molecular complexity index is 494. The van der Waals surface area contributed by atoms with Gasteiger partial charge in [-0.3, -0.25) is 4.79 Å². The molecule has 4 nitrogen and oxygen atoms in total. The molecule has 1 unspecified atom stereocenters. The number of hydrogen-bond acceptors (Lipinski definition) is 3. The quantitative estimate of drug-likeness (QED) is 0.783. The molecule has 1 aliphatic carbocycles. The second-order valence-corrected chi connectivity index (χ2v) is 6.09. The van der Waals surface area contributed by atoms with Crippen molar-refractivity contribution in [2.45, 2.75) is 25.8 Å². The molecule has 20 heavy (non-hydrogen) atoms. The lowest BCUT2D eigenvalue weighted by Crippen LogP contribution is -2.31. The summed E-state index contributed by atoms with van der Waals surface area (Å²) in [5, 5.41) is 9.59. The summed E-state index contributed by atoms with van der Waals surface area (Å²) in [4.78, 5) is 12.4. The van der Waals surface area contributed by atoms with Gasteiger partial charge in [-0.25, -0.2) is 0 Å². The van der Waals surface area contributed by atoms with Crippen molar-refractivity contribution in [1.29, 1.82) is 0 Å². The van der Waals surface area contributed by atoms with Crippen LogP contribution in [0.25, 0.3) is 0 Å². The molecule has 2 aliphatic rings. The summed E-state index contributed by atoms with van der Waals surface area (Å²) in [6, 6.07) is 8.08. The van der Waals surface area contributed by atoms with Crippen LogP contribution in [0.5, 0.6) is 0 Å². The fraction of sp³-hybridized carbons (Fsp3) is 0.562. The molecular formula is C16H23N3O. The van der Waals surface area contributed by atoms with Crippen molar-refractivity contribution < 1.29 is 4.79 Å². The standard InChI is InChI=1S/C16H23N3O/c1-17-11-12-3-2-4-13(9-12)19-15(20)14-10-16(14)5-7-18-8-6-16/h2-4,9,14,17-18H,5-8,10-11H2,1H3,(H,19,20). The Morgan fingerprint density at radius 3 is 2.95 bits per heavy atom. The number of rotatable bonds is 4. The predicted molar refractivity (Wildman–Crippen MR) is 80.5 cm³/mol. The van der Waals surface area contributed by atoms with Gasteiger partial charge < -0.3 is 16.0 Å². The molecule has 108 valence electrons. The highest BCUT2D eigenvalue weighted by atomic mass is 16.2. The molecule has 1 aromatic carbocycles. The fourth-order valence-electron chi connectivity index (χ4n) is 3.39. The molecule has 1 saturated carbocycles. The lowest BCUT2D eigenvalue weighted by Gasteiger charge is -2.23. The topological polar surface area (TPSA) is 53.2 Å². The molecule has 4 heteroatoms. The van der Waals surface area contributed by atoms with Gasteiger partial charge in [0.2, 0.25) is 5.91 Å². The van der Waals surface area contributed by atoms with Gasteiger partial charge in [0.1, 0.15) is 0 Å². The SMILES string of the molecule is CNCc1cccc(NC(=O)C2CC23CCNCC3)c1. The Labute approximate surface area is 120 Å². The zero-order valence-corrected chi connectivity index (χ0v) is 12.0. The van der Waals surface area contributed by atoms with Crippen molar-refractivity contribution in [2.75, 3.05) is 25.5 Å². The summed E-state index contributed by atoms with van der Waals surface area (Å²) in [6.45, 7) is 2.94. The summed E-state index contributed by atoms with van der Waals surface area (Å²) in [7, 11) is 1.93. The van der Waals surface area contributed by atoms with E-state index < -0.39 is 0 Å². The minimum atomic E-state index is 0.202. The van der Waals surface area contributed by atoms with E-state index in [2.05, 4.69) is 22.0 Å². The van der Waals surface area contributed by atoms with Gasteiger partial charge >= 0.3 is 0 Å². The van der Waals surface area contributed by atoms with Crippen molar-refractivity contribution in [3.05, 3.63) is 29.8 Å². The molecule has 1 saturated heterocycles. The van der Waals surface area contributed by atoms with Gasteiger partial charge in [0.15, 0.2) is 0 Å². The van der Waals surface area contributed by atoms with E-state index in [9.17, 15) is 4.79 Å². The lowest BCUT2D eigenvalue weighted by atomic mass is 9.92. The Balaban J connectivity index is 1.61. The van der Waals surface area contributed by atoms with E-state index in [-0.39, 0.29) is 11.8 Å². The molecule has 1 aromatic rings. The van der Waals surface area contributed by atoms with Gasteiger partial charge in [-0.1, -0.05) is 12.1 Å². The summed E-state index contributed by atoms with van der Waals surface area (Å²) in [5.41, 5.74) is 2.41. The minimum Gasteiger partial charge on any atom is -0.326 e. The summed E-state index contributed by atoms with van der Waals surface area (Å²) >= 11 is 0. The second-order valence-electron chi connectivity index (χ2n) is 6.09. The maximum Gasteiger partial charge on any atom is 0.228 e. The molecule has 0 radical (unpaired) electrons. The van der Waals surface area contributed by atoms with Crippen molar-refractivity contribution in [2.24, 2.45) is 11.3 Å². The summed E-state index contributed by atoms with van der Waals surface area (Å²) in [6.07, 6.45) is 3.35. The summed E-state index contributed by atoms with van der Waals surface area (Å²) < 4.78 is 0. The highest BCUT2D eigenvalue weighted by Gasteiger charge is 2.57. The Morgan fingerprint density at radius 1 is 1.40 bits per heavy atom. The van der Waals surface area contributed by atoms with Crippen LogP contribution in [0.1, 0.15) is 24.8 Å². The highest BCUT2D eigenvalue weighted by Crippen LogP contribution is 2.58. The molecule has 1 aliphatic heterocycles. The first-order chi connectivity index (χ1) is 9.73. The average molecular weight is 273 g/mol. The molecule has 3 rings (SSSR count). The average Bonchev–Trinajstić information content (AvgIpc) is 3.14. The number of carbonyl (C=O) groups is 1. The number of hydrogen-bond donors (Lipinski definition) is 3. The smallest absolute Gasteiger partial charge is 0.228 e. The Kier molecular flexibility index (Phi) is 3.76. The van der Waals surface area contributed by atoms with Gasteiger partial charge in [0.25, 0.3) is 0 Å². The normalized spacial score (nSPS) is 23.6. The van der Waals surface area contributed by atoms with Gasteiger partial charge in [-0.2, -0.15) is 0 Å². The molecule has 1 amide bonds. The number of anilines is 1. The summed E-state index contributed by atoms with van der Waals surface area (Å²) in [5.74, 6) is 0.422. The highest BCUT2D eigenvalue weighted by molar-refractivity contribution is 5.95. The molecule has 1 spiro atoms. The lowest BCUT2D eigenvalue weighted by molar-refractivity contribution is -0.118. The molecule has 1 heterocycles. The molecule has 2 fully saturated rings. The molecule has 1 atom stereocenters. The number of piperidine rings is 1. The van der Waals surface area contributed by atoms with Crippen LogP contribution >= 0.6 is 0 Å². The third kappa shape index (κ3) is 2.72. The van der Waals surface area contributed by atoms with Crippen molar-refractivity contribution in [3.8, 4) is 0 Å². The third-order valence-electron chi connectivity index (χ3n) is 4.68. The first-order valence-electron chi connectivity index (χ1n) is 7.49. The zero-order chi connectivity index (χ0) is 14.0. The second kappa shape index (κ2) is 5.54. The fourth-order valence-corrected chi connectivity index (χ4v) is 3.39. The molecule has 3 N–H and O–H groups in total. The molecular weight excluding hydrogens is 250 g/mol. The largest absolute Gasteiger partial charge is 0.326 e. The van der Waals surface area contributed by atoms with Crippen molar-refractivity contribution in [3.63, 3.8) is 0 Å². The van der Waals surface area contributed by atoms with Crippen LogP contribution in [0.2, 0.25) is 0 Å². The third-order valence-corrected chi connectivity index (χ3v) is 4.68. The number of carbonyl (C=O) groups excluding carboxylic acids is 1. The minimum absolute atomic E-state index is 0.202. The van der Waals surface area contributed by atoms with Gasteiger partial charge in [0.05, 0.1) is 0 Å². The van der Waals surface area contributed by atoms with E-state index >= 15 is 0 Å². The van der Waals surface area contributed by atoms with Crippen LogP contribution in [0.15, 0.2) is 24.3 Å². The number of nitrogens with one attached hydrogen (secondary N) is 3.